The normalized spacial score (nSPS) is 22.4. The number of hydrogen-bond acceptors (Lipinski definition) is 4. The Balaban J connectivity index is 1.92. The zero-order valence-corrected chi connectivity index (χ0v) is 11.3. The molecular formula is C15H19N3O2. The van der Waals surface area contributed by atoms with E-state index in [1.54, 1.807) is 24.3 Å². The van der Waals surface area contributed by atoms with E-state index in [2.05, 4.69) is 5.32 Å². The molecule has 5 nitrogen and oxygen atoms in total. The van der Waals surface area contributed by atoms with Crippen LogP contribution in [-0.2, 0) is 4.74 Å². The van der Waals surface area contributed by atoms with Crippen molar-refractivity contribution in [2.24, 2.45) is 5.73 Å². The lowest BCUT2D eigenvalue weighted by Gasteiger charge is -2.21. The van der Waals surface area contributed by atoms with E-state index >= 15 is 0 Å². The van der Waals surface area contributed by atoms with Gasteiger partial charge in [0.25, 0.3) is 0 Å². The van der Waals surface area contributed by atoms with Crippen molar-refractivity contribution >= 4 is 11.8 Å². The molecule has 0 radical (unpaired) electrons. The summed E-state index contributed by atoms with van der Waals surface area (Å²) < 4.78 is 5.40. The topological polar surface area (TPSA) is 88.1 Å². The minimum absolute atomic E-state index is 0.0892. The molecule has 106 valence electrons. The van der Waals surface area contributed by atoms with Crippen LogP contribution in [-0.4, -0.2) is 18.2 Å². The van der Waals surface area contributed by atoms with Crippen molar-refractivity contribution in [1.82, 2.24) is 0 Å². The van der Waals surface area contributed by atoms with Gasteiger partial charge in [0.05, 0.1) is 11.6 Å². The fourth-order valence-electron chi connectivity index (χ4n) is 2.40. The van der Waals surface area contributed by atoms with Gasteiger partial charge in [0.1, 0.15) is 6.10 Å². The van der Waals surface area contributed by atoms with Crippen LogP contribution in [0.25, 0.3) is 0 Å². The molecule has 1 fully saturated rings. The van der Waals surface area contributed by atoms with Crippen LogP contribution in [0.15, 0.2) is 24.3 Å². The van der Waals surface area contributed by atoms with E-state index in [1.165, 1.54) is 0 Å². The molecule has 0 aliphatic heterocycles. The third kappa shape index (κ3) is 3.97. The van der Waals surface area contributed by atoms with E-state index in [4.69, 9.17) is 15.7 Å². The van der Waals surface area contributed by atoms with E-state index in [-0.39, 0.29) is 12.1 Å². The number of amides is 1. The second-order valence-corrected chi connectivity index (χ2v) is 5.06. The quantitative estimate of drug-likeness (QED) is 0.811. The fourth-order valence-corrected chi connectivity index (χ4v) is 2.40. The molecule has 1 aliphatic rings. The molecule has 1 amide bonds. The molecule has 1 aliphatic carbocycles. The lowest BCUT2D eigenvalue weighted by molar-refractivity contribution is 0.0899. The van der Waals surface area contributed by atoms with E-state index < -0.39 is 6.09 Å². The molecule has 0 heterocycles. The molecule has 1 aromatic carbocycles. The van der Waals surface area contributed by atoms with Crippen molar-refractivity contribution < 1.29 is 9.53 Å². The van der Waals surface area contributed by atoms with Crippen LogP contribution in [0.4, 0.5) is 10.5 Å². The number of nitrogens with two attached hydrogens (primary N) is 1. The molecule has 0 saturated heterocycles. The lowest BCUT2D eigenvalue weighted by atomic mass is 10.1. The van der Waals surface area contributed by atoms with Gasteiger partial charge in [0, 0.05) is 11.7 Å². The van der Waals surface area contributed by atoms with Gasteiger partial charge in [-0.25, -0.2) is 4.79 Å². The Bertz CT molecular complexity index is 510. The van der Waals surface area contributed by atoms with E-state index in [0.717, 1.165) is 32.1 Å². The Labute approximate surface area is 118 Å². The molecular weight excluding hydrogens is 254 g/mol. The molecule has 0 aromatic heterocycles. The summed E-state index contributed by atoms with van der Waals surface area (Å²) in [6.45, 7) is 0. The highest BCUT2D eigenvalue weighted by atomic mass is 16.6. The number of ether oxygens (including phenoxy) is 1. The molecule has 1 aromatic rings. The number of nitriles is 1. The minimum atomic E-state index is -0.512. The zero-order chi connectivity index (χ0) is 14.4. The average molecular weight is 273 g/mol. The highest BCUT2D eigenvalue weighted by Crippen LogP contribution is 2.20. The second kappa shape index (κ2) is 6.92. The third-order valence-electron chi connectivity index (χ3n) is 3.50. The van der Waals surface area contributed by atoms with E-state index in [0.29, 0.717) is 11.3 Å². The van der Waals surface area contributed by atoms with Gasteiger partial charge in [0.2, 0.25) is 0 Å². The maximum absolute atomic E-state index is 11.9. The smallest absolute Gasteiger partial charge is 0.411 e. The first kappa shape index (κ1) is 14.4. The van der Waals surface area contributed by atoms with Crippen LogP contribution in [0.1, 0.15) is 37.7 Å². The summed E-state index contributed by atoms with van der Waals surface area (Å²) in [7, 11) is 0. The van der Waals surface area contributed by atoms with Crippen molar-refractivity contribution in [1.29, 1.82) is 5.26 Å². The number of carbonyl (C=O) groups excluding carboxylic acids is 1. The Morgan fingerprint density at radius 1 is 1.35 bits per heavy atom. The maximum atomic E-state index is 11.9. The molecule has 2 atom stereocenters. The number of nitrogens with one attached hydrogen (secondary N) is 1. The van der Waals surface area contributed by atoms with E-state index in [1.807, 2.05) is 6.07 Å². The van der Waals surface area contributed by atoms with Gasteiger partial charge >= 0.3 is 6.09 Å². The van der Waals surface area contributed by atoms with Gasteiger partial charge in [-0.3, -0.25) is 5.32 Å². The fraction of sp³-hybridized carbons (Fsp3) is 0.467. The second-order valence-electron chi connectivity index (χ2n) is 5.06. The Morgan fingerprint density at radius 2 is 2.15 bits per heavy atom. The predicted molar refractivity (Wildman–Crippen MR) is 76.1 cm³/mol. The standard InChI is InChI=1S/C15H19N3O2/c16-10-11-5-4-6-12(9-11)18-15(19)20-14-8-3-1-2-7-13(14)17/h4-6,9,13-14H,1-3,7-8,17H2,(H,18,19). The van der Waals surface area contributed by atoms with Crippen LogP contribution < -0.4 is 11.1 Å². The van der Waals surface area contributed by atoms with Crippen molar-refractivity contribution in [3.05, 3.63) is 29.8 Å². The Kier molecular flexibility index (Phi) is 4.97. The van der Waals surface area contributed by atoms with Crippen LogP contribution >= 0.6 is 0 Å². The maximum Gasteiger partial charge on any atom is 0.411 e. The predicted octanol–water partition coefficient (Wildman–Crippen LogP) is 2.77. The van der Waals surface area contributed by atoms with Crippen molar-refractivity contribution in [3.63, 3.8) is 0 Å². The van der Waals surface area contributed by atoms with Gasteiger partial charge in [-0.15, -0.1) is 0 Å². The SMILES string of the molecule is N#Cc1cccc(NC(=O)OC2CCCCCC2N)c1. The first-order chi connectivity index (χ1) is 9.69. The summed E-state index contributed by atoms with van der Waals surface area (Å²) in [5.74, 6) is 0. The molecule has 1 saturated carbocycles. The highest BCUT2D eigenvalue weighted by Gasteiger charge is 2.23. The van der Waals surface area contributed by atoms with Gasteiger partial charge in [-0.05, 0) is 37.5 Å². The monoisotopic (exact) mass is 273 g/mol. The number of rotatable bonds is 2. The summed E-state index contributed by atoms with van der Waals surface area (Å²) in [5.41, 5.74) is 7.06. The van der Waals surface area contributed by atoms with Gasteiger partial charge in [-0.2, -0.15) is 5.26 Å². The Morgan fingerprint density at radius 3 is 2.95 bits per heavy atom. The van der Waals surface area contributed by atoms with Gasteiger partial charge < -0.3 is 10.5 Å². The lowest BCUT2D eigenvalue weighted by Crippen LogP contribution is -2.38. The van der Waals surface area contributed by atoms with Gasteiger partial charge in [0.15, 0.2) is 0 Å². The Hall–Kier alpha value is -2.06. The molecule has 5 heteroatoms. The van der Waals surface area contributed by atoms with Gasteiger partial charge in [-0.1, -0.05) is 18.9 Å². The van der Waals surface area contributed by atoms with Crippen LogP contribution in [0.3, 0.4) is 0 Å². The minimum Gasteiger partial charge on any atom is -0.444 e. The molecule has 2 unspecified atom stereocenters. The van der Waals surface area contributed by atoms with Crippen LogP contribution in [0.5, 0.6) is 0 Å². The zero-order valence-electron chi connectivity index (χ0n) is 11.3. The summed E-state index contributed by atoms with van der Waals surface area (Å²) >= 11 is 0. The molecule has 0 spiro atoms. The van der Waals surface area contributed by atoms with Crippen LogP contribution in [0.2, 0.25) is 0 Å². The van der Waals surface area contributed by atoms with E-state index in [9.17, 15) is 4.79 Å². The van der Waals surface area contributed by atoms with Crippen molar-refractivity contribution in [2.45, 2.75) is 44.2 Å². The average Bonchev–Trinajstić information content (AvgIpc) is 2.64. The molecule has 2 rings (SSSR count). The number of nitrogens with zero attached hydrogens (tertiary/aromatic N) is 1. The summed E-state index contributed by atoms with van der Waals surface area (Å²) in [4.78, 5) is 11.9. The van der Waals surface area contributed by atoms with Crippen molar-refractivity contribution in [2.75, 3.05) is 5.32 Å². The molecule has 20 heavy (non-hydrogen) atoms. The number of benzene rings is 1. The highest BCUT2D eigenvalue weighted by molar-refractivity contribution is 5.84. The first-order valence-corrected chi connectivity index (χ1v) is 6.92. The summed E-state index contributed by atoms with van der Waals surface area (Å²) in [6, 6.07) is 8.65. The van der Waals surface area contributed by atoms with Crippen molar-refractivity contribution in [3.8, 4) is 6.07 Å². The first-order valence-electron chi connectivity index (χ1n) is 6.92. The summed E-state index contributed by atoms with van der Waals surface area (Å²) in [5, 5.41) is 11.4. The molecule has 0 bridgehead atoms. The summed E-state index contributed by atoms with van der Waals surface area (Å²) in [6.07, 6.45) is 4.23. The third-order valence-corrected chi connectivity index (χ3v) is 3.50. The number of anilines is 1. The molecule has 3 N–H and O–H groups in total. The largest absolute Gasteiger partial charge is 0.444 e. The number of carbonyl (C=O) groups is 1. The number of hydrogen-bond donors (Lipinski definition) is 2. The van der Waals surface area contributed by atoms with Crippen LogP contribution in [0, 0.1) is 11.3 Å².